The highest BCUT2D eigenvalue weighted by Gasteiger charge is 2.37. The Morgan fingerprint density at radius 2 is 1.57 bits per heavy atom. The number of rotatable bonds is 5. The Hall–Kier alpha value is -3.10. The van der Waals surface area contributed by atoms with Crippen LogP contribution >= 0.6 is 0 Å². The van der Waals surface area contributed by atoms with Gasteiger partial charge in [0.15, 0.2) is 5.82 Å². The number of nitrogens with zero attached hydrogens (tertiary/aromatic N) is 3. The van der Waals surface area contributed by atoms with E-state index in [1.807, 2.05) is 30.3 Å². The predicted molar refractivity (Wildman–Crippen MR) is 114 cm³/mol. The number of carbonyl (C=O) groups is 1. The number of anilines is 1. The summed E-state index contributed by atoms with van der Waals surface area (Å²) >= 11 is 0. The average molecular weight is 423 g/mol. The summed E-state index contributed by atoms with van der Waals surface area (Å²) in [5, 5.41) is 2.77. The summed E-state index contributed by atoms with van der Waals surface area (Å²) in [6.07, 6.45) is 5.06. The van der Waals surface area contributed by atoms with Crippen LogP contribution in [0.3, 0.4) is 0 Å². The van der Waals surface area contributed by atoms with Gasteiger partial charge in [-0.1, -0.05) is 55.0 Å². The number of aromatic nitrogens is 2. The third-order valence-corrected chi connectivity index (χ3v) is 6.98. The summed E-state index contributed by atoms with van der Waals surface area (Å²) in [5.74, 6) is 0.185. The predicted octanol–water partition coefficient (Wildman–Crippen LogP) is 3.33. The van der Waals surface area contributed by atoms with E-state index in [0.29, 0.717) is 24.5 Å². The van der Waals surface area contributed by atoms with Crippen LogP contribution in [0.25, 0.3) is 11.4 Å². The van der Waals surface area contributed by atoms with Gasteiger partial charge < -0.3 is 5.32 Å². The molecule has 7 nitrogen and oxygen atoms in total. The second-order valence-corrected chi connectivity index (χ2v) is 8.98. The monoisotopic (exact) mass is 422 g/mol. The fourth-order valence-electron chi connectivity index (χ4n) is 3.54. The normalized spacial score (nSPS) is 17.4. The highest BCUT2D eigenvalue weighted by molar-refractivity contribution is 7.89. The summed E-state index contributed by atoms with van der Waals surface area (Å²) in [5.41, 5.74) is 1.31. The minimum Gasteiger partial charge on any atom is -0.322 e. The molecule has 3 aromatic rings. The van der Waals surface area contributed by atoms with Crippen molar-refractivity contribution in [3.05, 3.63) is 73.1 Å². The lowest BCUT2D eigenvalue weighted by atomic mass is 10.0. The number of hydrogen-bond donors (Lipinski definition) is 1. The molecule has 0 saturated carbocycles. The molecule has 154 valence electrons. The van der Waals surface area contributed by atoms with E-state index in [1.54, 1.807) is 30.3 Å². The Kier molecular flexibility index (Phi) is 5.87. The van der Waals surface area contributed by atoms with Crippen LogP contribution in [0.2, 0.25) is 0 Å². The molecule has 0 bridgehead atoms. The molecular formula is C22H22N4O3S. The molecule has 1 saturated heterocycles. The van der Waals surface area contributed by atoms with Crippen molar-refractivity contribution in [3.63, 3.8) is 0 Å². The molecule has 30 heavy (non-hydrogen) atoms. The van der Waals surface area contributed by atoms with Gasteiger partial charge in [0.05, 0.1) is 23.0 Å². The Labute approximate surface area is 175 Å². The van der Waals surface area contributed by atoms with E-state index < -0.39 is 16.1 Å². The molecule has 1 amide bonds. The summed E-state index contributed by atoms with van der Waals surface area (Å²) in [7, 11) is -3.75. The molecule has 1 aromatic heterocycles. The quantitative estimate of drug-likeness (QED) is 0.681. The minimum atomic E-state index is -3.75. The van der Waals surface area contributed by atoms with Crippen molar-refractivity contribution < 1.29 is 13.2 Å². The van der Waals surface area contributed by atoms with Crippen LogP contribution in [-0.2, 0) is 14.8 Å². The molecule has 8 heteroatoms. The molecule has 0 radical (unpaired) electrons. The molecule has 2 aromatic carbocycles. The number of hydrogen-bond acceptors (Lipinski definition) is 5. The lowest BCUT2D eigenvalue weighted by Crippen LogP contribution is -2.49. The van der Waals surface area contributed by atoms with Gasteiger partial charge in [0.25, 0.3) is 0 Å². The maximum Gasteiger partial charge on any atom is 0.243 e. The first-order valence-corrected chi connectivity index (χ1v) is 11.2. The Bertz CT molecular complexity index is 1100. The Balaban J connectivity index is 1.51. The van der Waals surface area contributed by atoms with Gasteiger partial charge in [-0.25, -0.2) is 18.4 Å². The Morgan fingerprint density at radius 3 is 2.23 bits per heavy atom. The molecule has 0 aliphatic carbocycles. The molecule has 1 N–H and O–H groups in total. The maximum absolute atomic E-state index is 13.1. The van der Waals surface area contributed by atoms with Crippen LogP contribution in [-0.4, -0.2) is 41.2 Å². The van der Waals surface area contributed by atoms with Gasteiger partial charge >= 0.3 is 0 Å². The molecular weight excluding hydrogens is 400 g/mol. The molecule has 4 rings (SSSR count). The van der Waals surface area contributed by atoms with Gasteiger partial charge in [-0.2, -0.15) is 4.31 Å². The van der Waals surface area contributed by atoms with Crippen LogP contribution in [0, 0.1) is 0 Å². The summed E-state index contributed by atoms with van der Waals surface area (Å²) in [6, 6.07) is 17.0. The summed E-state index contributed by atoms with van der Waals surface area (Å²) < 4.78 is 27.5. The molecule has 1 atom stereocenters. The molecule has 1 aliphatic heterocycles. The number of carbonyl (C=O) groups excluding carboxylic acids is 1. The first-order chi connectivity index (χ1) is 14.6. The van der Waals surface area contributed by atoms with Gasteiger partial charge in [-0.3, -0.25) is 4.79 Å². The van der Waals surface area contributed by atoms with Gasteiger partial charge in [0.2, 0.25) is 15.9 Å². The largest absolute Gasteiger partial charge is 0.322 e. The number of nitrogens with one attached hydrogen (secondary N) is 1. The second-order valence-electron chi connectivity index (χ2n) is 7.09. The molecule has 1 unspecified atom stereocenters. The smallest absolute Gasteiger partial charge is 0.243 e. The molecule has 1 fully saturated rings. The second kappa shape index (κ2) is 8.73. The van der Waals surface area contributed by atoms with Crippen molar-refractivity contribution in [2.45, 2.75) is 30.2 Å². The number of sulfonamides is 1. The van der Waals surface area contributed by atoms with Crippen LogP contribution < -0.4 is 5.32 Å². The zero-order valence-electron chi connectivity index (χ0n) is 16.3. The summed E-state index contributed by atoms with van der Waals surface area (Å²) in [4.78, 5) is 21.7. The fraction of sp³-hybridized carbons (Fsp3) is 0.227. The van der Waals surface area contributed by atoms with Gasteiger partial charge in [0.1, 0.15) is 6.04 Å². The van der Waals surface area contributed by atoms with Gasteiger partial charge in [-0.15, -0.1) is 0 Å². The van der Waals surface area contributed by atoms with Crippen LogP contribution in [0.5, 0.6) is 0 Å². The van der Waals surface area contributed by atoms with Crippen molar-refractivity contribution in [2.75, 3.05) is 11.9 Å². The van der Waals surface area contributed by atoms with Crippen molar-refractivity contribution in [2.24, 2.45) is 0 Å². The zero-order chi connectivity index (χ0) is 21.0. The maximum atomic E-state index is 13.1. The Morgan fingerprint density at radius 1 is 0.933 bits per heavy atom. The molecule has 2 heterocycles. The number of piperidine rings is 1. The van der Waals surface area contributed by atoms with E-state index in [-0.39, 0.29) is 10.8 Å². The van der Waals surface area contributed by atoms with E-state index in [0.717, 1.165) is 18.4 Å². The van der Waals surface area contributed by atoms with E-state index in [1.165, 1.54) is 16.7 Å². The lowest BCUT2D eigenvalue weighted by Gasteiger charge is -2.33. The third kappa shape index (κ3) is 4.24. The van der Waals surface area contributed by atoms with Crippen molar-refractivity contribution in [1.29, 1.82) is 0 Å². The third-order valence-electron chi connectivity index (χ3n) is 5.06. The minimum absolute atomic E-state index is 0.195. The van der Waals surface area contributed by atoms with E-state index in [9.17, 15) is 13.2 Å². The van der Waals surface area contributed by atoms with Crippen LogP contribution in [0.15, 0.2) is 78.0 Å². The zero-order valence-corrected chi connectivity index (χ0v) is 17.1. The first kappa shape index (κ1) is 20.2. The van der Waals surface area contributed by atoms with Gasteiger partial charge in [0, 0.05) is 12.1 Å². The molecule has 1 aliphatic rings. The number of amides is 1. The highest BCUT2D eigenvalue weighted by Crippen LogP contribution is 2.26. The van der Waals surface area contributed by atoms with Gasteiger partial charge in [-0.05, 0) is 25.0 Å². The standard InChI is InChI=1S/C22H22N4O3S/c27-22(25-18-15-23-21(24-16-18)17-9-3-1-4-10-17)20-13-7-8-14-26(20)30(28,29)19-11-5-2-6-12-19/h1-6,9-12,15-16,20H,7-8,13-14H2,(H,25,27). The van der Waals surface area contributed by atoms with Crippen LogP contribution in [0.4, 0.5) is 5.69 Å². The van der Waals surface area contributed by atoms with Crippen molar-refractivity contribution >= 4 is 21.6 Å². The SMILES string of the molecule is O=C(Nc1cnc(-c2ccccc2)nc1)C1CCCCN1S(=O)(=O)c1ccccc1. The average Bonchev–Trinajstić information content (AvgIpc) is 2.81. The molecule has 0 spiro atoms. The van der Waals surface area contributed by atoms with E-state index in [2.05, 4.69) is 15.3 Å². The van der Waals surface area contributed by atoms with Crippen LogP contribution in [0.1, 0.15) is 19.3 Å². The topological polar surface area (TPSA) is 92.3 Å². The number of benzene rings is 2. The summed E-state index contributed by atoms with van der Waals surface area (Å²) in [6.45, 7) is 0.318. The lowest BCUT2D eigenvalue weighted by molar-refractivity contribution is -0.120. The van der Waals surface area contributed by atoms with Crippen molar-refractivity contribution in [3.8, 4) is 11.4 Å². The van der Waals surface area contributed by atoms with E-state index in [4.69, 9.17) is 0 Å². The first-order valence-electron chi connectivity index (χ1n) is 9.81. The highest BCUT2D eigenvalue weighted by atomic mass is 32.2. The fourth-order valence-corrected chi connectivity index (χ4v) is 5.21. The van der Waals surface area contributed by atoms with Crippen molar-refractivity contribution in [1.82, 2.24) is 14.3 Å². The van der Waals surface area contributed by atoms with E-state index >= 15 is 0 Å².